The van der Waals surface area contributed by atoms with Crippen LogP contribution in [0.15, 0.2) is 0 Å². The maximum absolute atomic E-state index is 13.4. The smallest absolute Gasteiger partial charge is 0.312 e. The highest BCUT2D eigenvalue weighted by atomic mass is 16.6. The van der Waals surface area contributed by atoms with Crippen LogP contribution in [0, 0.1) is 35.0 Å². The van der Waals surface area contributed by atoms with Gasteiger partial charge in [0.1, 0.15) is 12.2 Å². The van der Waals surface area contributed by atoms with Gasteiger partial charge in [-0.25, -0.2) is 0 Å². The summed E-state index contributed by atoms with van der Waals surface area (Å²) in [4.78, 5) is 26.7. The van der Waals surface area contributed by atoms with Crippen molar-refractivity contribution < 1.29 is 19.1 Å². The van der Waals surface area contributed by atoms with Crippen molar-refractivity contribution in [3.63, 3.8) is 0 Å². The quantitative estimate of drug-likeness (QED) is 0.303. The Morgan fingerprint density at radius 3 is 1.58 bits per heavy atom. The Morgan fingerprint density at radius 1 is 0.742 bits per heavy atom. The van der Waals surface area contributed by atoms with E-state index >= 15 is 0 Å². The van der Waals surface area contributed by atoms with Crippen LogP contribution in [0.2, 0.25) is 0 Å². The van der Waals surface area contributed by atoms with Crippen LogP contribution < -0.4 is 0 Å². The standard InChI is InChI=1S/C27H50O4/c1-18(2)14-22(15-19(3)4)30-25(28)24-12-10-11-13-27(24,9)26(29)31-23(16-20(5)6)17-21(7)8/h18-24H,10-17H2,1-9H3. The second-order valence-electron chi connectivity index (χ2n) is 11.8. The Morgan fingerprint density at radius 2 is 1.16 bits per heavy atom. The first-order valence-corrected chi connectivity index (χ1v) is 12.8. The first-order valence-electron chi connectivity index (χ1n) is 12.8. The van der Waals surface area contributed by atoms with Gasteiger partial charge in [-0.1, -0.05) is 68.2 Å². The maximum Gasteiger partial charge on any atom is 0.312 e. The van der Waals surface area contributed by atoms with E-state index in [0.717, 1.165) is 38.5 Å². The predicted molar refractivity (Wildman–Crippen MR) is 128 cm³/mol. The van der Waals surface area contributed by atoms with Crippen LogP contribution in [-0.2, 0) is 19.1 Å². The Kier molecular flexibility index (Phi) is 11.6. The fourth-order valence-corrected chi connectivity index (χ4v) is 4.98. The van der Waals surface area contributed by atoms with Gasteiger partial charge in [0.25, 0.3) is 0 Å². The highest BCUT2D eigenvalue weighted by Crippen LogP contribution is 2.44. The SMILES string of the molecule is CC(C)CC(CC(C)C)OC(=O)C1CCCCC1(C)C(=O)OC(CC(C)C)CC(C)C. The van der Waals surface area contributed by atoms with Crippen molar-refractivity contribution in [1.29, 1.82) is 0 Å². The summed E-state index contributed by atoms with van der Waals surface area (Å²) in [6.45, 7) is 19.2. The zero-order chi connectivity index (χ0) is 23.8. The monoisotopic (exact) mass is 438 g/mol. The molecule has 0 amide bonds. The van der Waals surface area contributed by atoms with Gasteiger partial charge in [0.05, 0.1) is 11.3 Å². The molecule has 31 heavy (non-hydrogen) atoms. The lowest BCUT2D eigenvalue weighted by atomic mass is 9.67. The molecule has 1 rings (SSSR count). The van der Waals surface area contributed by atoms with Crippen molar-refractivity contribution in [3.05, 3.63) is 0 Å². The number of carbonyl (C=O) groups is 2. The van der Waals surface area contributed by atoms with E-state index in [0.29, 0.717) is 36.5 Å². The molecule has 0 aliphatic heterocycles. The molecular formula is C27H50O4. The average Bonchev–Trinajstić information content (AvgIpc) is 2.59. The normalized spacial score (nSPS) is 22.2. The van der Waals surface area contributed by atoms with Crippen LogP contribution in [-0.4, -0.2) is 24.1 Å². The lowest BCUT2D eigenvalue weighted by molar-refractivity contribution is -0.179. The predicted octanol–water partition coefficient (Wildman–Crippen LogP) is 7.19. The molecule has 2 atom stereocenters. The average molecular weight is 439 g/mol. The van der Waals surface area contributed by atoms with E-state index < -0.39 is 11.3 Å². The number of carbonyl (C=O) groups excluding carboxylic acids is 2. The first-order chi connectivity index (χ1) is 14.3. The molecule has 0 N–H and O–H groups in total. The molecule has 1 aliphatic rings. The Balaban J connectivity index is 2.97. The number of hydrogen-bond acceptors (Lipinski definition) is 4. The number of ether oxygens (including phenoxy) is 2. The van der Waals surface area contributed by atoms with Gasteiger partial charge < -0.3 is 9.47 Å². The lowest BCUT2D eigenvalue weighted by Gasteiger charge is -2.39. The van der Waals surface area contributed by atoms with E-state index in [4.69, 9.17) is 9.47 Å². The van der Waals surface area contributed by atoms with Gasteiger partial charge in [0.2, 0.25) is 0 Å². The maximum atomic E-state index is 13.4. The van der Waals surface area contributed by atoms with E-state index in [9.17, 15) is 9.59 Å². The highest BCUT2D eigenvalue weighted by molar-refractivity contribution is 5.85. The second-order valence-corrected chi connectivity index (χ2v) is 11.8. The molecule has 1 fully saturated rings. The minimum atomic E-state index is -0.790. The topological polar surface area (TPSA) is 52.6 Å². The van der Waals surface area contributed by atoms with Crippen LogP contribution >= 0.6 is 0 Å². The molecule has 0 aromatic carbocycles. The van der Waals surface area contributed by atoms with Crippen LogP contribution in [0.25, 0.3) is 0 Å². The zero-order valence-electron chi connectivity index (χ0n) is 21.8. The highest BCUT2D eigenvalue weighted by Gasteiger charge is 2.49. The first kappa shape index (κ1) is 28.0. The lowest BCUT2D eigenvalue weighted by Crippen LogP contribution is -2.46. The minimum absolute atomic E-state index is 0.0793. The fraction of sp³-hybridized carbons (Fsp3) is 0.926. The van der Waals surface area contributed by atoms with E-state index in [1.165, 1.54) is 0 Å². The Bertz CT molecular complexity index is 531. The summed E-state index contributed by atoms with van der Waals surface area (Å²) in [6, 6.07) is 0. The fourth-order valence-electron chi connectivity index (χ4n) is 4.98. The van der Waals surface area contributed by atoms with Crippen LogP contribution in [0.1, 0.15) is 114 Å². The van der Waals surface area contributed by atoms with Gasteiger partial charge in [0.15, 0.2) is 0 Å². The summed E-state index contributed by atoms with van der Waals surface area (Å²) in [7, 11) is 0. The molecule has 182 valence electrons. The van der Waals surface area contributed by atoms with Gasteiger partial charge in [-0.05, 0) is 69.1 Å². The summed E-state index contributed by atoms with van der Waals surface area (Å²) >= 11 is 0. The molecule has 4 heteroatoms. The molecule has 0 bridgehead atoms. The van der Waals surface area contributed by atoms with Crippen LogP contribution in [0.4, 0.5) is 0 Å². The van der Waals surface area contributed by atoms with E-state index in [1.54, 1.807) is 0 Å². The number of esters is 2. The van der Waals surface area contributed by atoms with Crippen molar-refractivity contribution in [3.8, 4) is 0 Å². The summed E-state index contributed by atoms with van der Waals surface area (Å²) < 4.78 is 12.1. The molecule has 0 saturated heterocycles. The number of hydrogen-bond donors (Lipinski definition) is 0. The van der Waals surface area contributed by atoms with Crippen molar-refractivity contribution in [2.45, 2.75) is 126 Å². The Labute approximate surface area is 192 Å². The molecule has 0 aromatic heterocycles. The molecule has 0 aromatic rings. The molecule has 4 nitrogen and oxygen atoms in total. The van der Waals surface area contributed by atoms with Crippen LogP contribution in [0.3, 0.4) is 0 Å². The molecule has 1 aliphatic carbocycles. The van der Waals surface area contributed by atoms with Crippen molar-refractivity contribution in [2.75, 3.05) is 0 Å². The van der Waals surface area contributed by atoms with E-state index in [-0.39, 0.29) is 24.1 Å². The summed E-state index contributed by atoms with van der Waals surface area (Å²) in [5, 5.41) is 0. The summed E-state index contributed by atoms with van der Waals surface area (Å²) in [6.07, 6.45) is 6.60. The van der Waals surface area contributed by atoms with Gasteiger partial charge in [0, 0.05) is 0 Å². The van der Waals surface area contributed by atoms with Gasteiger partial charge in [-0.2, -0.15) is 0 Å². The summed E-state index contributed by atoms with van der Waals surface area (Å²) in [5.74, 6) is 1.04. The zero-order valence-corrected chi connectivity index (χ0v) is 21.8. The van der Waals surface area contributed by atoms with Crippen molar-refractivity contribution in [2.24, 2.45) is 35.0 Å². The second kappa shape index (κ2) is 12.8. The molecule has 1 saturated carbocycles. The third-order valence-electron chi connectivity index (χ3n) is 6.45. The third kappa shape index (κ3) is 9.53. The number of rotatable bonds is 12. The summed E-state index contributed by atoms with van der Waals surface area (Å²) in [5.41, 5.74) is -0.790. The van der Waals surface area contributed by atoms with Gasteiger partial charge >= 0.3 is 11.9 Å². The molecular weight excluding hydrogens is 388 g/mol. The van der Waals surface area contributed by atoms with Gasteiger partial charge in [-0.3, -0.25) is 9.59 Å². The molecule has 2 unspecified atom stereocenters. The van der Waals surface area contributed by atoms with Crippen LogP contribution in [0.5, 0.6) is 0 Å². The molecule has 0 radical (unpaired) electrons. The molecule has 0 heterocycles. The van der Waals surface area contributed by atoms with E-state index in [2.05, 4.69) is 55.4 Å². The minimum Gasteiger partial charge on any atom is -0.462 e. The largest absolute Gasteiger partial charge is 0.462 e. The Hall–Kier alpha value is -1.06. The van der Waals surface area contributed by atoms with Crippen molar-refractivity contribution in [1.82, 2.24) is 0 Å². The third-order valence-corrected chi connectivity index (χ3v) is 6.45. The van der Waals surface area contributed by atoms with Crippen molar-refractivity contribution >= 4 is 11.9 Å². The van der Waals surface area contributed by atoms with Gasteiger partial charge in [-0.15, -0.1) is 0 Å². The van der Waals surface area contributed by atoms with E-state index in [1.807, 2.05) is 6.92 Å². The molecule has 0 spiro atoms.